The van der Waals surface area contributed by atoms with Crippen molar-refractivity contribution in [2.45, 2.75) is 72.3 Å². The van der Waals surface area contributed by atoms with E-state index in [0.717, 1.165) is 42.3 Å². The smallest absolute Gasteiger partial charge is 0.196 e. The van der Waals surface area contributed by atoms with Gasteiger partial charge in [0, 0.05) is 17.7 Å². The lowest BCUT2D eigenvalue weighted by Gasteiger charge is -2.12. The van der Waals surface area contributed by atoms with Gasteiger partial charge in [0.25, 0.3) is 0 Å². The zero-order valence-electron chi connectivity index (χ0n) is 19.3. The Kier molecular flexibility index (Phi) is 11.1. The van der Waals surface area contributed by atoms with Crippen LogP contribution >= 0.6 is 15.9 Å². The molecule has 5 heteroatoms. The highest BCUT2D eigenvalue weighted by atomic mass is 79.9. The van der Waals surface area contributed by atoms with Gasteiger partial charge in [-0.1, -0.05) is 60.0 Å². The molecule has 0 radical (unpaired) electrons. The number of unbranched alkanes of at least 4 members (excludes halogenated alkanes) is 2. The number of pyridine rings is 1. The predicted molar refractivity (Wildman–Crippen MR) is 134 cm³/mol. The van der Waals surface area contributed by atoms with Crippen LogP contribution in [0.15, 0.2) is 45.9 Å². The summed E-state index contributed by atoms with van der Waals surface area (Å²) in [7, 11) is 0. The molecule has 170 valence electrons. The number of benzene rings is 1. The van der Waals surface area contributed by atoms with E-state index in [4.69, 9.17) is 9.57 Å². The van der Waals surface area contributed by atoms with E-state index in [-0.39, 0.29) is 5.43 Å². The Morgan fingerprint density at radius 1 is 1.13 bits per heavy atom. The highest BCUT2D eigenvalue weighted by Gasteiger charge is 2.11. The highest BCUT2D eigenvalue weighted by Crippen LogP contribution is 2.21. The summed E-state index contributed by atoms with van der Waals surface area (Å²) in [5.41, 5.74) is 3.49. The van der Waals surface area contributed by atoms with E-state index in [1.165, 1.54) is 18.4 Å². The topological polar surface area (TPSA) is 40.5 Å². The fourth-order valence-corrected chi connectivity index (χ4v) is 3.82. The van der Waals surface area contributed by atoms with E-state index < -0.39 is 0 Å². The summed E-state index contributed by atoms with van der Waals surface area (Å²) >= 11 is 3.53. The molecular weight excluding hydrogens is 454 g/mol. The average molecular weight is 490 g/mol. The van der Waals surface area contributed by atoms with Crippen molar-refractivity contribution in [2.75, 3.05) is 13.2 Å². The zero-order valence-corrected chi connectivity index (χ0v) is 20.9. The minimum Gasteiger partial charge on any atom is -0.415 e. The molecule has 2 aromatic rings. The number of halogens is 1. The van der Waals surface area contributed by atoms with Crippen LogP contribution < -0.4 is 10.3 Å². The lowest BCUT2D eigenvalue weighted by atomic mass is 9.99. The third kappa shape index (κ3) is 8.30. The van der Waals surface area contributed by atoms with Crippen LogP contribution in [0.1, 0.15) is 70.9 Å². The maximum Gasteiger partial charge on any atom is 0.196 e. The van der Waals surface area contributed by atoms with Crippen LogP contribution in [-0.4, -0.2) is 24.0 Å². The van der Waals surface area contributed by atoms with Crippen molar-refractivity contribution in [1.82, 2.24) is 4.73 Å². The molecule has 0 aliphatic rings. The van der Waals surface area contributed by atoms with Crippen LogP contribution in [0.5, 0.6) is 0 Å². The van der Waals surface area contributed by atoms with Crippen molar-refractivity contribution >= 4 is 22.0 Å². The summed E-state index contributed by atoms with van der Waals surface area (Å²) in [5, 5.41) is 0. The molecular formula is C26H36BrNO3. The summed E-state index contributed by atoms with van der Waals surface area (Å²) < 4.78 is 8.23. The number of hydrogen-bond acceptors (Lipinski definition) is 3. The molecule has 0 amide bonds. The molecule has 0 aliphatic carbocycles. The monoisotopic (exact) mass is 489 g/mol. The molecule has 0 saturated heterocycles. The molecule has 1 unspecified atom stereocenters. The van der Waals surface area contributed by atoms with Gasteiger partial charge >= 0.3 is 0 Å². The summed E-state index contributed by atoms with van der Waals surface area (Å²) in [4.78, 5) is 18.8. The van der Waals surface area contributed by atoms with Crippen LogP contribution in [0.4, 0.5) is 0 Å². The highest BCUT2D eigenvalue weighted by molar-refractivity contribution is 9.11. The molecule has 0 N–H and O–H groups in total. The molecule has 31 heavy (non-hydrogen) atoms. The lowest BCUT2D eigenvalue weighted by molar-refractivity contribution is 0.0684. The van der Waals surface area contributed by atoms with Gasteiger partial charge in [0.05, 0.1) is 18.5 Å². The largest absolute Gasteiger partial charge is 0.415 e. The van der Waals surface area contributed by atoms with Gasteiger partial charge in [0.2, 0.25) is 0 Å². The second kappa shape index (κ2) is 13.5. The van der Waals surface area contributed by atoms with Crippen LogP contribution in [0.25, 0.3) is 17.2 Å². The fraction of sp³-hybridized carbons (Fsp3) is 0.500. The first-order valence-electron chi connectivity index (χ1n) is 11.4. The number of aryl methyl sites for hydroxylation is 1. The molecule has 0 spiro atoms. The van der Waals surface area contributed by atoms with Gasteiger partial charge < -0.3 is 9.57 Å². The number of rotatable bonds is 13. The third-order valence-corrected chi connectivity index (χ3v) is 6.01. The summed E-state index contributed by atoms with van der Waals surface area (Å²) in [6.07, 6.45) is 12.2. The summed E-state index contributed by atoms with van der Waals surface area (Å²) in [6, 6.07) is 8.32. The predicted octanol–water partition coefficient (Wildman–Crippen LogP) is 6.64. The summed E-state index contributed by atoms with van der Waals surface area (Å²) in [6.45, 7) is 9.48. The molecule has 1 heterocycles. The second-order valence-electron chi connectivity index (χ2n) is 7.74. The van der Waals surface area contributed by atoms with Crippen molar-refractivity contribution in [2.24, 2.45) is 0 Å². The van der Waals surface area contributed by atoms with Crippen molar-refractivity contribution in [1.29, 1.82) is 0 Å². The molecule has 1 atom stereocenters. The summed E-state index contributed by atoms with van der Waals surface area (Å²) in [5.74, 6) is 0. The number of nitrogens with zero attached hydrogens (tertiary/aromatic N) is 1. The van der Waals surface area contributed by atoms with Gasteiger partial charge in [-0.3, -0.25) is 4.79 Å². The van der Waals surface area contributed by atoms with Gasteiger partial charge in [-0.2, -0.15) is 4.73 Å². The quantitative estimate of drug-likeness (QED) is 0.296. The maximum atomic E-state index is 13.2. The standard InChI is InChI=1S/C26H36BrNO3/c1-5-24(27)17-23-18-28(31-7-3)19-25(26(23)29)22-15-11-14-21(16-22)13-10-8-9-12-20(4)30-6-2/h11,14-20H,5-10,12-13H2,1-4H3. The Morgan fingerprint density at radius 2 is 1.94 bits per heavy atom. The van der Waals surface area contributed by atoms with Gasteiger partial charge in [0.15, 0.2) is 5.43 Å². The minimum absolute atomic E-state index is 0.0171. The Labute approximate surface area is 195 Å². The van der Waals surface area contributed by atoms with E-state index in [0.29, 0.717) is 23.8 Å². The number of ether oxygens (including phenoxy) is 1. The molecule has 0 saturated carbocycles. The molecule has 1 aromatic carbocycles. The first kappa shape index (κ1) is 25.4. The minimum atomic E-state index is 0.0171. The van der Waals surface area contributed by atoms with Gasteiger partial charge in [0.1, 0.15) is 6.61 Å². The number of allylic oxidation sites excluding steroid dienone is 1. The van der Waals surface area contributed by atoms with Crippen molar-refractivity contribution in [3.63, 3.8) is 0 Å². The van der Waals surface area contributed by atoms with E-state index >= 15 is 0 Å². The Bertz CT molecular complexity index is 904. The SMILES string of the molecule is CCOC(C)CCCCCc1cccc(-c2cn(OCC)cc(C=C(Br)CC)c2=O)c1. The Morgan fingerprint density at radius 3 is 2.65 bits per heavy atom. The molecule has 1 aromatic heterocycles. The van der Waals surface area contributed by atoms with Gasteiger partial charge in [-0.15, -0.1) is 0 Å². The third-order valence-electron chi connectivity index (χ3n) is 5.22. The Balaban J connectivity index is 2.16. The number of hydrogen-bond donors (Lipinski definition) is 0. The molecule has 2 rings (SSSR count). The van der Waals surface area contributed by atoms with Crippen LogP contribution in [0.2, 0.25) is 0 Å². The molecule has 0 fully saturated rings. The Hall–Kier alpha value is -1.85. The lowest BCUT2D eigenvalue weighted by Crippen LogP contribution is -2.18. The zero-order chi connectivity index (χ0) is 22.6. The molecule has 0 aliphatic heterocycles. The normalized spacial score (nSPS) is 12.7. The van der Waals surface area contributed by atoms with Gasteiger partial charge in [-0.25, -0.2) is 0 Å². The van der Waals surface area contributed by atoms with Crippen LogP contribution in [0, 0.1) is 0 Å². The molecule has 0 bridgehead atoms. The average Bonchev–Trinajstić information content (AvgIpc) is 2.76. The molecule has 4 nitrogen and oxygen atoms in total. The van der Waals surface area contributed by atoms with Crippen LogP contribution in [0.3, 0.4) is 0 Å². The van der Waals surface area contributed by atoms with E-state index in [1.54, 1.807) is 17.1 Å². The fourth-order valence-electron chi connectivity index (χ4n) is 3.58. The van der Waals surface area contributed by atoms with E-state index in [2.05, 4.69) is 35.0 Å². The van der Waals surface area contributed by atoms with Crippen LogP contribution in [-0.2, 0) is 11.2 Å². The maximum absolute atomic E-state index is 13.2. The van der Waals surface area contributed by atoms with Gasteiger partial charge in [-0.05, 0) is 68.1 Å². The number of aromatic nitrogens is 1. The first-order valence-corrected chi connectivity index (χ1v) is 12.2. The van der Waals surface area contributed by atoms with Crippen molar-refractivity contribution in [3.05, 3.63) is 62.5 Å². The second-order valence-corrected chi connectivity index (χ2v) is 8.76. The van der Waals surface area contributed by atoms with E-state index in [9.17, 15) is 4.79 Å². The first-order chi connectivity index (χ1) is 15.0. The van der Waals surface area contributed by atoms with Crippen molar-refractivity contribution in [3.8, 4) is 11.1 Å². The van der Waals surface area contributed by atoms with E-state index in [1.807, 2.05) is 39.0 Å². The van der Waals surface area contributed by atoms with Crippen molar-refractivity contribution < 1.29 is 9.57 Å².